The largest absolute Gasteiger partial charge is 0.665 e. The molecule has 0 heterocycles. The zero-order chi connectivity index (χ0) is 9.40. The molecule has 0 aliphatic carbocycles. The zero-order valence-electron chi connectivity index (χ0n) is 9.06. The number of ether oxygens (including phenoxy) is 1. The third-order valence-electron chi connectivity index (χ3n) is 0.910. The Hall–Kier alpha value is -0.332. The summed E-state index contributed by atoms with van der Waals surface area (Å²) in [4.78, 5) is 1.75. The fraction of sp³-hybridized carbons (Fsp3) is 0.182. The average molecular weight is 364 g/mol. The first-order valence-electron chi connectivity index (χ1n) is 3.61. The molecule has 2 nitrogen and oxygen atoms in total. The van der Waals surface area contributed by atoms with Crippen molar-refractivity contribution in [3.63, 3.8) is 0 Å². The van der Waals surface area contributed by atoms with Crippen LogP contribution < -0.4 is 4.74 Å². The van der Waals surface area contributed by atoms with Gasteiger partial charge in [-0.05, 0) is 26.2 Å². The third kappa shape index (κ3) is 14.2. The molecule has 0 N–H and O–H groups in total. The Morgan fingerprint density at radius 1 is 1.14 bits per heavy atom. The normalized spacial score (nSPS) is 7.50. The standard InChI is InChI=1S/C7H7O.C3H8N.CH3.W/c1-8-7-5-3-2-4-6-7;1-4(2)3;;/h2-6H,1H2;1H2,2-3H3;1H3;/q3*-1;. The number of benzene rings is 1. The summed E-state index contributed by atoms with van der Waals surface area (Å²) >= 11 is 0. The monoisotopic (exact) mass is 364 g/mol. The summed E-state index contributed by atoms with van der Waals surface area (Å²) in [6, 6.07) is 9.45. The smallest absolute Gasteiger partial charge is 0.0843 e. The number of nitrogens with zero attached hydrogens (tertiary/aromatic N) is 1. The third-order valence-corrected chi connectivity index (χ3v) is 0.910. The van der Waals surface area contributed by atoms with Gasteiger partial charge >= 0.3 is 0 Å². The van der Waals surface area contributed by atoms with Gasteiger partial charge in [-0.25, -0.2) is 0 Å². The van der Waals surface area contributed by atoms with E-state index in [0.717, 1.165) is 5.75 Å². The van der Waals surface area contributed by atoms with Gasteiger partial charge in [-0.2, -0.15) is 7.11 Å². The summed E-state index contributed by atoms with van der Waals surface area (Å²) < 4.78 is 4.66. The molecule has 0 saturated heterocycles. The maximum atomic E-state index is 4.66. The van der Waals surface area contributed by atoms with Gasteiger partial charge in [0.2, 0.25) is 0 Å². The molecule has 0 aliphatic heterocycles. The molecule has 0 amide bonds. The van der Waals surface area contributed by atoms with Crippen molar-refractivity contribution in [2.75, 3.05) is 14.1 Å². The molecule has 1 aromatic rings. The van der Waals surface area contributed by atoms with Crippen molar-refractivity contribution >= 4 is 0 Å². The summed E-state index contributed by atoms with van der Waals surface area (Å²) in [6.07, 6.45) is 0. The van der Waals surface area contributed by atoms with E-state index < -0.39 is 0 Å². The van der Waals surface area contributed by atoms with Crippen LogP contribution in [-0.2, 0) is 21.1 Å². The minimum Gasteiger partial charge on any atom is -0.665 e. The Bertz CT molecular complexity index is 187. The molecule has 0 spiro atoms. The van der Waals surface area contributed by atoms with Crippen molar-refractivity contribution in [2.24, 2.45) is 0 Å². The first-order chi connectivity index (χ1) is 5.66. The van der Waals surface area contributed by atoms with E-state index in [1.807, 2.05) is 44.4 Å². The van der Waals surface area contributed by atoms with E-state index in [0.29, 0.717) is 0 Å². The number of para-hydroxylation sites is 1. The molecular weight excluding hydrogens is 346 g/mol. The van der Waals surface area contributed by atoms with Crippen LogP contribution in [0.15, 0.2) is 30.3 Å². The van der Waals surface area contributed by atoms with Crippen molar-refractivity contribution in [2.45, 2.75) is 0 Å². The maximum absolute atomic E-state index is 4.66. The van der Waals surface area contributed by atoms with E-state index in [9.17, 15) is 0 Å². The van der Waals surface area contributed by atoms with E-state index in [1.165, 1.54) is 0 Å². The van der Waals surface area contributed by atoms with Gasteiger partial charge < -0.3 is 17.1 Å². The predicted octanol–water partition coefficient (Wildman–Crippen LogP) is 2.64. The van der Waals surface area contributed by atoms with Crippen LogP contribution in [0.3, 0.4) is 0 Å². The molecule has 0 aliphatic rings. The van der Waals surface area contributed by atoms with Crippen molar-refractivity contribution in [3.8, 4) is 5.75 Å². The van der Waals surface area contributed by atoms with Crippen molar-refractivity contribution < 1.29 is 25.8 Å². The first kappa shape index (κ1) is 19.3. The Kier molecular flexibility index (Phi) is 17.4. The summed E-state index contributed by atoms with van der Waals surface area (Å²) in [5.74, 6) is 0.799. The Morgan fingerprint density at radius 2 is 1.50 bits per heavy atom. The van der Waals surface area contributed by atoms with E-state index >= 15 is 0 Å². The number of rotatable bonds is 1. The minimum absolute atomic E-state index is 0. The molecule has 0 bridgehead atoms. The van der Waals surface area contributed by atoms with Crippen molar-refractivity contribution in [3.05, 3.63) is 51.9 Å². The van der Waals surface area contributed by atoms with E-state index in [-0.39, 0.29) is 28.5 Å². The summed E-state index contributed by atoms with van der Waals surface area (Å²) in [6.45, 7) is 0. The van der Waals surface area contributed by atoms with Gasteiger partial charge in [0, 0.05) is 21.1 Å². The van der Waals surface area contributed by atoms with Crippen LogP contribution in [0.25, 0.3) is 0 Å². The molecule has 0 radical (unpaired) electrons. The van der Waals surface area contributed by atoms with E-state index in [1.54, 1.807) is 4.90 Å². The molecular formula is C11H18NOW-3. The molecule has 0 unspecified atom stereocenters. The van der Waals surface area contributed by atoms with Gasteiger partial charge in [0.25, 0.3) is 0 Å². The van der Waals surface area contributed by atoms with Crippen LogP contribution in [0, 0.1) is 21.6 Å². The second-order valence-corrected chi connectivity index (χ2v) is 2.54. The van der Waals surface area contributed by atoms with Crippen LogP contribution in [0.1, 0.15) is 0 Å². The van der Waals surface area contributed by atoms with Gasteiger partial charge in [-0.1, -0.05) is 18.2 Å². The van der Waals surface area contributed by atoms with Gasteiger partial charge in [0.1, 0.15) is 0 Å². The second kappa shape index (κ2) is 12.7. The number of hydrogen-bond acceptors (Lipinski definition) is 2. The topological polar surface area (TPSA) is 12.5 Å². The van der Waals surface area contributed by atoms with Crippen molar-refractivity contribution in [1.82, 2.24) is 4.90 Å². The maximum Gasteiger partial charge on any atom is 0.0843 e. The van der Waals surface area contributed by atoms with Crippen LogP contribution in [0.2, 0.25) is 0 Å². The molecule has 0 aromatic heterocycles. The van der Waals surface area contributed by atoms with E-state index in [4.69, 9.17) is 0 Å². The van der Waals surface area contributed by atoms with E-state index in [2.05, 4.69) is 18.9 Å². The molecule has 1 rings (SSSR count). The first-order valence-corrected chi connectivity index (χ1v) is 3.61. The molecule has 82 valence electrons. The minimum atomic E-state index is 0. The molecule has 3 heteroatoms. The quantitative estimate of drug-likeness (QED) is 0.711. The Morgan fingerprint density at radius 3 is 1.71 bits per heavy atom. The Balaban J connectivity index is -0.000000180. The SMILES string of the molecule is [CH2-]N(C)C.[CH2-]Oc1ccccc1.[CH3-].[W]. The predicted molar refractivity (Wildman–Crippen MR) is 57.9 cm³/mol. The van der Waals surface area contributed by atoms with Gasteiger partial charge in [-0.3, -0.25) is 7.05 Å². The van der Waals surface area contributed by atoms with Crippen LogP contribution in [0.4, 0.5) is 0 Å². The Labute approximate surface area is 103 Å². The second-order valence-electron chi connectivity index (χ2n) is 2.54. The van der Waals surface area contributed by atoms with Crippen LogP contribution >= 0.6 is 0 Å². The summed E-state index contributed by atoms with van der Waals surface area (Å²) in [5.41, 5.74) is 0. The van der Waals surface area contributed by atoms with Gasteiger partial charge in [0.15, 0.2) is 0 Å². The fourth-order valence-electron chi connectivity index (χ4n) is 0.517. The van der Waals surface area contributed by atoms with Gasteiger partial charge in [0.05, 0.1) is 5.75 Å². The average Bonchev–Trinajstić information content (AvgIpc) is 2.05. The van der Waals surface area contributed by atoms with Crippen LogP contribution in [0.5, 0.6) is 5.75 Å². The fourth-order valence-corrected chi connectivity index (χ4v) is 0.517. The number of hydrogen-bond donors (Lipinski definition) is 0. The van der Waals surface area contributed by atoms with Gasteiger partial charge in [-0.15, -0.1) is 0 Å². The molecule has 1 aromatic carbocycles. The summed E-state index contributed by atoms with van der Waals surface area (Å²) in [7, 11) is 10.5. The summed E-state index contributed by atoms with van der Waals surface area (Å²) in [5, 5.41) is 0. The zero-order valence-corrected chi connectivity index (χ0v) is 12.0. The molecule has 0 saturated carbocycles. The molecule has 0 atom stereocenters. The van der Waals surface area contributed by atoms with Crippen LogP contribution in [-0.4, -0.2) is 19.0 Å². The van der Waals surface area contributed by atoms with Crippen molar-refractivity contribution in [1.29, 1.82) is 0 Å². The molecule has 14 heavy (non-hydrogen) atoms. The molecule has 0 fully saturated rings.